The molecule has 2 aromatic carbocycles. The standard InChI is InChI=1S/C25H27N3O4/c1-17-23(18(2)32-27-17)16-31-22-12-6-8-19(14-22)25(30)28-13-7-9-20(15-28)24(29)26-21-10-4-3-5-11-21/h3-6,8,10-12,14,20H,7,9,13,15-16H2,1-2H3,(H,26,29). The van der Waals surface area contributed by atoms with Gasteiger partial charge in [0.25, 0.3) is 5.91 Å². The maximum atomic E-state index is 13.1. The fourth-order valence-corrected chi connectivity index (χ4v) is 3.91. The molecule has 1 fully saturated rings. The van der Waals surface area contributed by atoms with E-state index in [1.807, 2.05) is 50.2 Å². The van der Waals surface area contributed by atoms with Crippen LogP contribution < -0.4 is 10.1 Å². The van der Waals surface area contributed by atoms with Gasteiger partial charge in [-0.2, -0.15) is 0 Å². The smallest absolute Gasteiger partial charge is 0.254 e. The van der Waals surface area contributed by atoms with Crippen molar-refractivity contribution < 1.29 is 18.8 Å². The third-order valence-electron chi connectivity index (χ3n) is 5.77. The molecule has 166 valence electrons. The van der Waals surface area contributed by atoms with E-state index >= 15 is 0 Å². The van der Waals surface area contributed by atoms with E-state index in [2.05, 4.69) is 10.5 Å². The number of para-hydroxylation sites is 1. The van der Waals surface area contributed by atoms with Gasteiger partial charge in [-0.3, -0.25) is 9.59 Å². The number of piperidine rings is 1. The van der Waals surface area contributed by atoms with Gasteiger partial charge in [0.2, 0.25) is 5.91 Å². The zero-order valence-corrected chi connectivity index (χ0v) is 18.3. The summed E-state index contributed by atoms with van der Waals surface area (Å²) in [4.78, 5) is 27.6. The Kier molecular flexibility index (Phi) is 6.54. The van der Waals surface area contributed by atoms with Gasteiger partial charge >= 0.3 is 0 Å². The van der Waals surface area contributed by atoms with Gasteiger partial charge in [-0.15, -0.1) is 0 Å². The van der Waals surface area contributed by atoms with E-state index in [0.717, 1.165) is 35.5 Å². The number of nitrogens with zero attached hydrogens (tertiary/aromatic N) is 2. The Morgan fingerprint density at radius 1 is 1.16 bits per heavy atom. The van der Waals surface area contributed by atoms with Crippen LogP contribution in [0.5, 0.6) is 5.75 Å². The maximum Gasteiger partial charge on any atom is 0.254 e. The lowest BCUT2D eigenvalue weighted by Gasteiger charge is -2.32. The lowest BCUT2D eigenvalue weighted by Crippen LogP contribution is -2.43. The number of hydrogen-bond acceptors (Lipinski definition) is 5. The molecule has 0 saturated carbocycles. The van der Waals surface area contributed by atoms with Crippen LogP contribution in [-0.2, 0) is 11.4 Å². The van der Waals surface area contributed by atoms with Crippen LogP contribution in [0.1, 0.15) is 40.2 Å². The highest BCUT2D eigenvalue weighted by molar-refractivity contribution is 5.96. The van der Waals surface area contributed by atoms with E-state index in [1.165, 1.54) is 0 Å². The summed E-state index contributed by atoms with van der Waals surface area (Å²) in [5.74, 6) is 0.955. The highest BCUT2D eigenvalue weighted by Gasteiger charge is 2.29. The number of likely N-dealkylation sites (tertiary alicyclic amines) is 1. The van der Waals surface area contributed by atoms with Crippen molar-refractivity contribution >= 4 is 17.5 Å². The zero-order chi connectivity index (χ0) is 22.5. The summed E-state index contributed by atoms with van der Waals surface area (Å²) in [7, 11) is 0. The van der Waals surface area contributed by atoms with Gasteiger partial charge in [-0.25, -0.2) is 0 Å². The quantitative estimate of drug-likeness (QED) is 0.624. The largest absolute Gasteiger partial charge is 0.489 e. The molecule has 4 rings (SSSR count). The fourth-order valence-electron chi connectivity index (χ4n) is 3.91. The van der Waals surface area contributed by atoms with E-state index in [9.17, 15) is 9.59 Å². The highest BCUT2D eigenvalue weighted by Crippen LogP contribution is 2.23. The van der Waals surface area contributed by atoms with Crippen LogP contribution in [0, 0.1) is 19.8 Å². The number of amides is 2. The molecule has 0 spiro atoms. The second-order valence-electron chi connectivity index (χ2n) is 8.06. The minimum Gasteiger partial charge on any atom is -0.489 e. The third-order valence-corrected chi connectivity index (χ3v) is 5.77. The molecular weight excluding hydrogens is 406 g/mol. The molecule has 1 aromatic heterocycles. The SMILES string of the molecule is Cc1noc(C)c1COc1cccc(C(=O)N2CCCC(C(=O)Nc3ccccc3)C2)c1. The molecule has 1 aliphatic rings. The van der Waals surface area contributed by atoms with Crippen molar-refractivity contribution in [1.29, 1.82) is 0 Å². The summed E-state index contributed by atoms with van der Waals surface area (Å²) in [5.41, 5.74) is 3.02. The molecule has 2 amide bonds. The van der Waals surface area contributed by atoms with Crippen molar-refractivity contribution in [2.45, 2.75) is 33.3 Å². The maximum absolute atomic E-state index is 13.1. The first kappa shape index (κ1) is 21.6. The first-order valence-electron chi connectivity index (χ1n) is 10.8. The van der Waals surface area contributed by atoms with Crippen LogP contribution in [-0.4, -0.2) is 35.0 Å². The van der Waals surface area contributed by atoms with Gasteiger partial charge in [-0.1, -0.05) is 29.4 Å². The van der Waals surface area contributed by atoms with Crippen molar-refractivity contribution in [3.8, 4) is 5.75 Å². The number of carbonyl (C=O) groups excluding carboxylic acids is 2. The average molecular weight is 434 g/mol. The normalized spacial score (nSPS) is 15.9. The summed E-state index contributed by atoms with van der Waals surface area (Å²) < 4.78 is 11.0. The second-order valence-corrected chi connectivity index (χ2v) is 8.06. The van der Waals surface area contributed by atoms with Crippen molar-refractivity contribution in [2.75, 3.05) is 18.4 Å². The second kappa shape index (κ2) is 9.68. The molecule has 0 aliphatic carbocycles. The molecule has 1 saturated heterocycles. The van der Waals surface area contributed by atoms with Crippen LogP contribution in [0.15, 0.2) is 59.1 Å². The minimum absolute atomic E-state index is 0.0507. The van der Waals surface area contributed by atoms with Crippen molar-refractivity contribution in [3.63, 3.8) is 0 Å². The van der Waals surface area contributed by atoms with Crippen molar-refractivity contribution in [2.24, 2.45) is 5.92 Å². The fraction of sp³-hybridized carbons (Fsp3) is 0.320. The number of aromatic nitrogens is 1. The predicted molar refractivity (Wildman–Crippen MR) is 120 cm³/mol. The molecule has 3 aromatic rings. The molecule has 0 radical (unpaired) electrons. The Morgan fingerprint density at radius 3 is 2.72 bits per heavy atom. The predicted octanol–water partition coefficient (Wildman–Crippen LogP) is 4.36. The van der Waals surface area contributed by atoms with Crippen molar-refractivity contribution in [3.05, 3.63) is 77.2 Å². The third kappa shape index (κ3) is 4.99. The van der Waals surface area contributed by atoms with Gasteiger partial charge in [0.05, 0.1) is 17.2 Å². The first-order valence-corrected chi connectivity index (χ1v) is 10.8. The van der Waals surface area contributed by atoms with Crippen molar-refractivity contribution in [1.82, 2.24) is 10.1 Å². The first-order chi connectivity index (χ1) is 15.5. The number of nitrogens with one attached hydrogen (secondary N) is 1. The Hall–Kier alpha value is -3.61. The number of benzene rings is 2. The Bertz CT molecular complexity index is 1070. The van der Waals surface area contributed by atoms with Crippen LogP contribution in [0.3, 0.4) is 0 Å². The summed E-state index contributed by atoms with van der Waals surface area (Å²) in [6.07, 6.45) is 1.56. The van der Waals surface area contributed by atoms with Gasteiger partial charge in [0.15, 0.2) is 0 Å². The molecule has 1 unspecified atom stereocenters. The number of anilines is 1. The summed E-state index contributed by atoms with van der Waals surface area (Å²) in [5, 5.41) is 6.88. The minimum atomic E-state index is -0.230. The molecule has 2 heterocycles. The Balaban J connectivity index is 1.39. The molecule has 7 nitrogen and oxygen atoms in total. The Labute approximate surface area is 187 Å². The number of hydrogen-bond donors (Lipinski definition) is 1. The topological polar surface area (TPSA) is 84.7 Å². The van der Waals surface area contributed by atoms with E-state index in [4.69, 9.17) is 9.26 Å². The van der Waals surface area contributed by atoms with Crippen LogP contribution in [0.25, 0.3) is 0 Å². The average Bonchev–Trinajstić information content (AvgIpc) is 3.15. The summed E-state index contributed by atoms with van der Waals surface area (Å²) in [6, 6.07) is 16.5. The van der Waals surface area contributed by atoms with E-state index < -0.39 is 0 Å². The van der Waals surface area contributed by atoms with E-state index in [0.29, 0.717) is 31.0 Å². The van der Waals surface area contributed by atoms with E-state index in [-0.39, 0.29) is 17.7 Å². The Morgan fingerprint density at radius 2 is 1.97 bits per heavy atom. The van der Waals surface area contributed by atoms with E-state index in [1.54, 1.807) is 23.1 Å². The number of carbonyl (C=O) groups is 2. The van der Waals surface area contributed by atoms with Crippen LogP contribution in [0.2, 0.25) is 0 Å². The van der Waals surface area contributed by atoms with Gasteiger partial charge < -0.3 is 19.5 Å². The monoisotopic (exact) mass is 433 g/mol. The van der Waals surface area contributed by atoms with Gasteiger partial charge in [0, 0.05) is 24.3 Å². The molecule has 32 heavy (non-hydrogen) atoms. The molecule has 7 heteroatoms. The number of rotatable bonds is 6. The highest BCUT2D eigenvalue weighted by atomic mass is 16.5. The molecule has 1 atom stereocenters. The lowest BCUT2D eigenvalue weighted by atomic mass is 9.96. The van der Waals surface area contributed by atoms with Gasteiger partial charge in [0.1, 0.15) is 18.1 Å². The summed E-state index contributed by atoms with van der Waals surface area (Å²) >= 11 is 0. The lowest BCUT2D eigenvalue weighted by molar-refractivity contribution is -0.121. The number of aryl methyl sites for hydroxylation is 2. The van der Waals surface area contributed by atoms with Gasteiger partial charge in [-0.05, 0) is 57.0 Å². The molecule has 1 N–H and O–H groups in total. The molecule has 0 bridgehead atoms. The molecular formula is C25H27N3O4. The molecule has 1 aliphatic heterocycles. The van der Waals surface area contributed by atoms with Crippen LogP contribution >= 0.6 is 0 Å². The zero-order valence-electron chi connectivity index (χ0n) is 18.3. The summed E-state index contributed by atoms with van der Waals surface area (Å²) in [6.45, 7) is 5.08. The van der Waals surface area contributed by atoms with Crippen LogP contribution in [0.4, 0.5) is 5.69 Å². The number of ether oxygens (including phenoxy) is 1.